The van der Waals surface area contributed by atoms with Crippen LogP contribution in [0.15, 0.2) is 12.1 Å². The molecule has 2 heteroatoms. The van der Waals surface area contributed by atoms with Crippen molar-refractivity contribution in [2.45, 2.75) is 39.7 Å². The van der Waals surface area contributed by atoms with Gasteiger partial charge in [0.05, 0.1) is 12.0 Å². The second-order valence-electron chi connectivity index (χ2n) is 4.97. The van der Waals surface area contributed by atoms with Crippen molar-refractivity contribution in [2.24, 2.45) is 0 Å². The average molecular weight is 203 g/mol. The van der Waals surface area contributed by atoms with Gasteiger partial charge < -0.3 is 5.32 Å². The highest BCUT2D eigenvalue weighted by Gasteiger charge is 2.32. The highest BCUT2D eigenvalue weighted by atomic mass is 16.1. The summed E-state index contributed by atoms with van der Waals surface area (Å²) in [5, 5.41) is 3.03. The molecule has 1 heterocycles. The summed E-state index contributed by atoms with van der Waals surface area (Å²) in [7, 11) is 0. The van der Waals surface area contributed by atoms with Crippen molar-refractivity contribution in [3.63, 3.8) is 0 Å². The van der Waals surface area contributed by atoms with E-state index < -0.39 is 0 Å². The van der Waals surface area contributed by atoms with Gasteiger partial charge in [-0.2, -0.15) is 0 Å². The molecule has 0 saturated heterocycles. The molecule has 1 aliphatic heterocycles. The topological polar surface area (TPSA) is 29.1 Å². The van der Waals surface area contributed by atoms with Crippen LogP contribution in [0.1, 0.15) is 36.1 Å². The van der Waals surface area contributed by atoms with Crippen LogP contribution < -0.4 is 5.32 Å². The van der Waals surface area contributed by atoms with E-state index in [1.807, 2.05) is 0 Å². The van der Waals surface area contributed by atoms with Gasteiger partial charge in [-0.3, -0.25) is 4.79 Å². The number of nitrogens with one attached hydrogen (secondary N) is 1. The Morgan fingerprint density at radius 2 is 1.93 bits per heavy atom. The van der Waals surface area contributed by atoms with E-state index in [1.165, 1.54) is 22.3 Å². The quantitative estimate of drug-likeness (QED) is 0.688. The Balaban J connectivity index is 2.67. The molecule has 80 valence electrons. The van der Waals surface area contributed by atoms with Crippen molar-refractivity contribution < 1.29 is 4.79 Å². The first-order valence-corrected chi connectivity index (χ1v) is 5.32. The van der Waals surface area contributed by atoms with Crippen molar-refractivity contribution in [3.8, 4) is 0 Å². The number of hydrogen-bond acceptors (Lipinski definition) is 1. The summed E-state index contributed by atoms with van der Waals surface area (Å²) in [5.74, 6) is 0.123. The first kappa shape index (κ1) is 10.2. The summed E-state index contributed by atoms with van der Waals surface area (Å²) >= 11 is 0. The van der Waals surface area contributed by atoms with Crippen LogP contribution >= 0.6 is 0 Å². The van der Waals surface area contributed by atoms with Crippen LogP contribution in [0.3, 0.4) is 0 Å². The summed E-state index contributed by atoms with van der Waals surface area (Å²) < 4.78 is 0. The molecular weight excluding hydrogens is 186 g/mol. The molecule has 0 aromatic heterocycles. The van der Waals surface area contributed by atoms with E-state index in [1.54, 1.807) is 0 Å². The Labute approximate surface area is 90.7 Å². The Hall–Kier alpha value is -1.31. The van der Waals surface area contributed by atoms with Crippen LogP contribution in [-0.2, 0) is 16.8 Å². The second-order valence-corrected chi connectivity index (χ2v) is 4.97. The minimum Gasteiger partial charge on any atom is -0.347 e. The first-order chi connectivity index (χ1) is 6.90. The molecule has 0 fully saturated rings. The van der Waals surface area contributed by atoms with Gasteiger partial charge in [-0.15, -0.1) is 0 Å². The van der Waals surface area contributed by atoms with Gasteiger partial charge in [-0.25, -0.2) is 0 Å². The lowest BCUT2D eigenvalue weighted by molar-refractivity contribution is -0.122. The van der Waals surface area contributed by atoms with E-state index >= 15 is 0 Å². The summed E-state index contributed by atoms with van der Waals surface area (Å²) in [5.41, 5.74) is 4.74. The lowest BCUT2D eigenvalue weighted by Gasteiger charge is -2.35. The maximum Gasteiger partial charge on any atom is 0.225 e. The molecule has 0 aliphatic carbocycles. The molecule has 0 radical (unpaired) electrons. The van der Waals surface area contributed by atoms with Crippen LogP contribution in [0, 0.1) is 13.8 Å². The molecule has 0 atom stereocenters. The SMILES string of the molecule is Cc1cc(C)c2c(c1)CC(=O)NC2(C)C. The zero-order valence-electron chi connectivity index (χ0n) is 9.77. The molecule has 0 bridgehead atoms. The third-order valence-electron chi connectivity index (χ3n) is 2.99. The van der Waals surface area contributed by atoms with Gasteiger partial charge in [-0.05, 0) is 44.4 Å². The number of carbonyl (C=O) groups is 1. The number of benzene rings is 1. The highest BCUT2D eigenvalue weighted by molar-refractivity contribution is 5.82. The van der Waals surface area contributed by atoms with E-state index in [0.29, 0.717) is 6.42 Å². The fourth-order valence-corrected chi connectivity index (χ4v) is 2.72. The molecule has 1 aromatic carbocycles. The summed E-state index contributed by atoms with van der Waals surface area (Å²) in [4.78, 5) is 11.6. The molecule has 0 unspecified atom stereocenters. The first-order valence-electron chi connectivity index (χ1n) is 5.32. The summed E-state index contributed by atoms with van der Waals surface area (Å²) in [6.07, 6.45) is 0.515. The lowest BCUT2D eigenvalue weighted by atomic mass is 9.81. The number of fused-ring (bicyclic) bond motifs is 1. The number of hydrogen-bond donors (Lipinski definition) is 1. The monoisotopic (exact) mass is 203 g/mol. The van der Waals surface area contributed by atoms with Crippen LogP contribution in [0.25, 0.3) is 0 Å². The van der Waals surface area contributed by atoms with Gasteiger partial charge in [-0.1, -0.05) is 17.7 Å². The summed E-state index contributed by atoms with van der Waals surface area (Å²) in [6.45, 7) is 8.31. The minimum absolute atomic E-state index is 0.123. The largest absolute Gasteiger partial charge is 0.347 e. The molecule has 1 amide bonds. The van der Waals surface area contributed by atoms with Crippen molar-refractivity contribution in [1.29, 1.82) is 0 Å². The van der Waals surface area contributed by atoms with Gasteiger partial charge in [0.25, 0.3) is 0 Å². The molecule has 2 rings (SSSR count). The van der Waals surface area contributed by atoms with E-state index in [0.717, 1.165) is 0 Å². The number of rotatable bonds is 0. The predicted octanol–water partition coefficient (Wildman–Crippen LogP) is 2.21. The second kappa shape index (κ2) is 3.09. The van der Waals surface area contributed by atoms with Gasteiger partial charge >= 0.3 is 0 Å². The van der Waals surface area contributed by atoms with Crippen LogP contribution in [0.4, 0.5) is 0 Å². The number of aryl methyl sites for hydroxylation is 2. The average Bonchev–Trinajstić information content (AvgIpc) is 1.97. The predicted molar refractivity (Wildman–Crippen MR) is 60.8 cm³/mol. The van der Waals surface area contributed by atoms with E-state index in [-0.39, 0.29) is 11.4 Å². The minimum atomic E-state index is -0.234. The van der Waals surface area contributed by atoms with Crippen molar-refractivity contribution >= 4 is 5.91 Å². The maximum atomic E-state index is 11.6. The van der Waals surface area contributed by atoms with Gasteiger partial charge in [0.1, 0.15) is 0 Å². The Morgan fingerprint density at radius 3 is 2.60 bits per heavy atom. The van der Waals surface area contributed by atoms with Crippen LogP contribution in [0.5, 0.6) is 0 Å². The van der Waals surface area contributed by atoms with E-state index in [9.17, 15) is 4.79 Å². The molecular formula is C13H17NO. The number of amides is 1. The fourth-order valence-electron chi connectivity index (χ4n) is 2.72. The molecule has 1 aliphatic rings. The third kappa shape index (κ3) is 1.65. The van der Waals surface area contributed by atoms with Crippen molar-refractivity contribution in [1.82, 2.24) is 5.32 Å². The van der Waals surface area contributed by atoms with Crippen molar-refractivity contribution in [3.05, 3.63) is 34.4 Å². The third-order valence-corrected chi connectivity index (χ3v) is 2.99. The molecule has 0 spiro atoms. The molecule has 1 aromatic rings. The smallest absolute Gasteiger partial charge is 0.225 e. The molecule has 0 saturated carbocycles. The Morgan fingerprint density at radius 1 is 1.27 bits per heavy atom. The number of carbonyl (C=O) groups excluding carboxylic acids is 1. The van der Waals surface area contributed by atoms with Crippen LogP contribution in [0.2, 0.25) is 0 Å². The normalized spacial score (nSPS) is 18.3. The Bertz CT molecular complexity index is 432. The Kier molecular flexibility index (Phi) is 2.10. The zero-order chi connectivity index (χ0) is 11.2. The van der Waals surface area contributed by atoms with E-state index in [2.05, 4.69) is 45.1 Å². The fraction of sp³-hybridized carbons (Fsp3) is 0.462. The van der Waals surface area contributed by atoms with Gasteiger partial charge in [0.15, 0.2) is 0 Å². The molecule has 2 nitrogen and oxygen atoms in total. The molecule has 15 heavy (non-hydrogen) atoms. The summed E-state index contributed by atoms with van der Waals surface area (Å²) in [6, 6.07) is 4.31. The van der Waals surface area contributed by atoms with Crippen molar-refractivity contribution in [2.75, 3.05) is 0 Å². The van der Waals surface area contributed by atoms with Gasteiger partial charge in [0.2, 0.25) is 5.91 Å². The molecule has 1 N–H and O–H groups in total. The maximum absolute atomic E-state index is 11.6. The highest BCUT2D eigenvalue weighted by Crippen LogP contribution is 2.31. The van der Waals surface area contributed by atoms with Crippen LogP contribution in [-0.4, -0.2) is 5.91 Å². The van der Waals surface area contributed by atoms with E-state index in [4.69, 9.17) is 0 Å². The van der Waals surface area contributed by atoms with Gasteiger partial charge in [0, 0.05) is 0 Å². The zero-order valence-corrected chi connectivity index (χ0v) is 9.77. The lowest BCUT2D eigenvalue weighted by Crippen LogP contribution is -2.46. The standard InChI is InChI=1S/C13H17NO/c1-8-5-9(2)12-10(6-8)7-11(15)14-13(12,3)4/h5-6H,7H2,1-4H3,(H,14,15).